The van der Waals surface area contributed by atoms with E-state index in [0.29, 0.717) is 17.1 Å². The monoisotopic (exact) mass is 274 g/mol. The van der Waals surface area contributed by atoms with Gasteiger partial charge in [-0.1, -0.05) is 0 Å². The Morgan fingerprint density at radius 3 is 2.65 bits per heavy atom. The van der Waals surface area contributed by atoms with Gasteiger partial charge < -0.3 is 14.0 Å². The molecule has 0 fully saturated rings. The van der Waals surface area contributed by atoms with Crippen LogP contribution in [0.3, 0.4) is 0 Å². The fourth-order valence-corrected chi connectivity index (χ4v) is 2.00. The highest BCUT2D eigenvalue weighted by Crippen LogP contribution is 2.31. The Bertz CT molecular complexity index is 619. The highest BCUT2D eigenvalue weighted by molar-refractivity contribution is 5.94. The van der Waals surface area contributed by atoms with Gasteiger partial charge in [0.05, 0.1) is 7.11 Å². The summed E-state index contributed by atoms with van der Waals surface area (Å²) in [6.07, 6.45) is 3.38. The lowest BCUT2D eigenvalue weighted by atomic mass is 10.1. The maximum Gasteiger partial charge on any atom is 0.162 e. The van der Waals surface area contributed by atoms with Crippen LogP contribution >= 0.6 is 0 Å². The van der Waals surface area contributed by atoms with Crippen molar-refractivity contribution < 1.29 is 14.3 Å². The van der Waals surface area contributed by atoms with Crippen LogP contribution in [0.2, 0.25) is 0 Å². The molecular weight excluding hydrogens is 256 g/mol. The van der Waals surface area contributed by atoms with Crippen LogP contribution in [-0.4, -0.2) is 22.4 Å². The number of hydrogen-bond donors (Lipinski definition) is 0. The lowest BCUT2D eigenvalue weighted by molar-refractivity contribution is 0.101. The van der Waals surface area contributed by atoms with Gasteiger partial charge in [0.25, 0.3) is 0 Å². The summed E-state index contributed by atoms with van der Waals surface area (Å²) < 4.78 is 13.1. The van der Waals surface area contributed by atoms with Gasteiger partial charge in [-0.25, -0.2) is 4.98 Å². The summed E-state index contributed by atoms with van der Waals surface area (Å²) in [6, 6.07) is 5.16. The smallest absolute Gasteiger partial charge is 0.162 e. The number of ether oxygens (including phenoxy) is 2. The standard InChI is InChI=1S/C15H18N2O3/c1-10(18)12-5-6-13(14(9-12)19-4)20-11(2)15-16-7-8-17(15)3/h5-9,11H,1-4H3. The summed E-state index contributed by atoms with van der Waals surface area (Å²) in [7, 11) is 3.47. The van der Waals surface area contributed by atoms with Crippen LogP contribution in [0, 0.1) is 0 Å². The third-order valence-electron chi connectivity index (χ3n) is 3.10. The molecule has 0 aliphatic rings. The molecule has 0 saturated heterocycles. The largest absolute Gasteiger partial charge is 0.493 e. The number of carbonyl (C=O) groups is 1. The van der Waals surface area contributed by atoms with E-state index in [-0.39, 0.29) is 11.9 Å². The first-order valence-corrected chi connectivity index (χ1v) is 6.35. The van der Waals surface area contributed by atoms with Crippen LogP contribution in [0.1, 0.15) is 36.1 Å². The lowest BCUT2D eigenvalue weighted by Gasteiger charge is -2.17. The Morgan fingerprint density at radius 1 is 1.35 bits per heavy atom. The minimum absolute atomic E-state index is 0.00741. The molecule has 0 aliphatic carbocycles. The van der Waals surface area contributed by atoms with Crippen LogP contribution in [0.4, 0.5) is 0 Å². The molecule has 106 valence electrons. The zero-order chi connectivity index (χ0) is 14.7. The van der Waals surface area contributed by atoms with Crippen molar-refractivity contribution in [3.63, 3.8) is 0 Å². The quantitative estimate of drug-likeness (QED) is 0.787. The number of nitrogens with zero attached hydrogens (tertiary/aromatic N) is 2. The van der Waals surface area contributed by atoms with Crippen LogP contribution in [-0.2, 0) is 7.05 Å². The van der Waals surface area contributed by atoms with Crippen molar-refractivity contribution in [1.29, 1.82) is 0 Å². The van der Waals surface area contributed by atoms with Gasteiger partial charge in [-0.3, -0.25) is 4.79 Å². The lowest BCUT2D eigenvalue weighted by Crippen LogP contribution is -2.10. The number of hydrogen-bond acceptors (Lipinski definition) is 4. The van der Waals surface area contributed by atoms with Crippen molar-refractivity contribution in [3.8, 4) is 11.5 Å². The topological polar surface area (TPSA) is 53.4 Å². The molecule has 20 heavy (non-hydrogen) atoms. The van der Waals surface area contributed by atoms with E-state index >= 15 is 0 Å². The number of benzene rings is 1. The van der Waals surface area contributed by atoms with Gasteiger partial charge in [0.15, 0.2) is 23.4 Å². The number of ketones is 1. The zero-order valence-corrected chi connectivity index (χ0v) is 12.1. The fourth-order valence-electron chi connectivity index (χ4n) is 2.00. The van der Waals surface area contributed by atoms with Gasteiger partial charge in [-0.05, 0) is 32.0 Å². The van der Waals surface area contributed by atoms with Gasteiger partial charge in [-0.2, -0.15) is 0 Å². The molecule has 0 radical (unpaired) electrons. The van der Waals surface area contributed by atoms with Gasteiger partial charge in [0, 0.05) is 25.0 Å². The molecule has 0 spiro atoms. The van der Waals surface area contributed by atoms with Crippen molar-refractivity contribution in [2.45, 2.75) is 20.0 Å². The molecule has 5 heteroatoms. The Labute approximate surface area is 118 Å². The van der Waals surface area contributed by atoms with Gasteiger partial charge in [0.2, 0.25) is 0 Å². The predicted molar refractivity (Wildman–Crippen MR) is 75.2 cm³/mol. The Morgan fingerprint density at radius 2 is 2.10 bits per heavy atom. The average Bonchev–Trinajstić information content (AvgIpc) is 2.85. The van der Waals surface area contributed by atoms with Gasteiger partial charge >= 0.3 is 0 Å². The van der Waals surface area contributed by atoms with E-state index in [0.717, 1.165) is 5.82 Å². The number of aryl methyl sites for hydroxylation is 1. The van der Waals surface area contributed by atoms with Gasteiger partial charge in [-0.15, -0.1) is 0 Å². The van der Waals surface area contributed by atoms with E-state index in [1.54, 1.807) is 31.5 Å². The summed E-state index contributed by atoms with van der Waals surface area (Å²) in [6.45, 7) is 3.44. The SMILES string of the molecule is COc1cc(C(C)=O)ccc1OC(C)c1nccn1C. The summed E-state index contributed by atoms with van der Waals surface area (Å²) in [5.41, 5.74) is 0.596. The van der Waals surface area contributed by atoms with Crippen LogP contribution in [0.25, 0.3) is 0 Å². The number of imidazole rings is 1. The molecule has 2 aromatic rings. The first-order valence-electron chi connectivity index (χ1n) is 6.35. The summed E-state index contributed by atoms with van der Waals surface area (Å²) in [4.78, 5) is 15.6. The van der Waals surface area contributed by atoms with Crippen LogP contribution in [0.5, 0.6) is 11.5 Å². The number of aromatic nitrogens is 2. The number of Topliss-reactive ketones (excluding diaryl/α,β-unsaturated/α-hetero) is 1. The molecule has 0 bridgehead atoms. The third kappa shape index (κ3) is 2.82. The average molecular weight is 274 g/mol. The van der Waals surface area contributed by atoms with Crippen molar-refractivity contribution in [2.75, 3.05) is 7.11 Å². The molecule has 1 aromatic heterocycles. The van der Waals surface area contributed by atoms with E-state index in [9.17, 15) is 4.79 Å². The summed E-state index contributed by atoms with van der Waals surface area (Å²) >= 11 is 0. The first-order chi connectivity index (χ1) is 9.52. The molecule has 1 heterocycles. The highest BCUT2D eigenvalue weighted by atomic mass is 16.5. The zero-order valence-electron chi connectivity index (χ0n) is 12.1. The summed E-state index contributed by atoms with van der Waals surface area (Å²) in [5, 5.41) is 0. The van der Waals surface area contributed by atoms with E-state index in [1.165, 1.54) is 6.92 Å². The molecule has 0 aliphatic heterocycles. The Hall–Kier alpha value is -2.30. The highest BCUT2D eigenvalue weighted by Gasteiger charge is 2.15. The number of carbonyl (C=O) groups excluding carboxylic acids is 1. The molecule has 1 aromatic carbocycles. The molecule has 0 amide bonds. The molecule has 0 N–H and O–H groups in total. The van der Waals surface area contributed by atoms with Gasteiger partial charge in [0.1, 0.15) is 5.82 Å². The molecular formula is C15H18N2O3. The van der Waals surface area contributed by atoms with Crippen molar-refractivity contribution >= 4 is 5.78 Å². The molecule has 0 saturated carbocycles. The van der Waals surface area contributed by atoms with Crippen LogP contribution < -0.4 is 9.47 Å². The Kier molecular flexibility index (Phi) is 4.08. The second-order valence-corrected chi connectivity index (χ2v) is 4.58. The molecule has 1 atom stereocenters. The Balaban J connectivity index is 2.25. The van der Waals surface area contributed by atoms with E-state index in [2.05, 4.69) is 4.98 Å². The van der Waals surface area contributed by atoms with E-state index in [4.69, 9.17) is 9.47 Å². The molecule has 1 unspecified atom stereocenters. The number of rotatable bonds is 5. The van der Waals surface area contributed by atoms with Crippen LogP contribution in [0.15, 0.2) is 30.6 Å². The minimum atomic E-state index is -0.216. The maximum atomic E-state index is 11.4. The number of methoxy groups -OCH3 is 1. The fraction of sp³-hybridized carbons (Fsp3) is 0.333. The van der Waals surface area contributed by atoms with Crippen molar-refractivity contribution in [3.05, 3.63) is 42.0 Å². The third-order valence-corrected chi connectivity index (χ3v) is 3.10. The van der Waals surface area contributed by atoms with E-state index < -0.39 is 0 Å². The molecule has 2 rings (SSSR count). The predicted octanol–water partition coefficient (Wildman–Crippen LogP) is 2.77. The minimum Gasteiger partial charge on any atom is -0.493 e. The maximum absolute atomic E-state index is 11.4. The normalized spacial score (nSPS) is 12.0. The first kappa shape index (κ1) is 14.1. The summed E-state index contributed by atoms with van der Waals surface area (Å²) in [5.74, 6) is 1.95. The molecule has 5 nitrogen and oxygen atoms in total. The van der Waals surface area contributed by atoms with Crippen molar-refractivity contribution in [1.82, 2.24) is 9.55 Å². The van der Waals surface area contributed by atoms with E-state index in [1.807, 2.05) is 24.7 Å². The second-order valence-electron chi connectivity index (χ2n) is 4.58. The van der Waals surface area contributed by atoms with Crippen molar-refractivity contribution in [2.24, 2.45) is 7.05 Å². The second kappa shape index (κ2) is 5.77.